The molecular formula is C14H13ClN2O5S. The number of carbonyl (C=O) groups is 3. The molecule has 0 saturated carbocycles. The van der Waals surface area contributed by atoms with Crippen molar-refractivity contribution in [3.8, 4) is 0 Å². The van der Waals surface area contributed by atoms with Gasteiger partial charge in [0.15, 0.2) is 9.84 Å². The predicted octanol–water partition coefficient (Wildman–Crippen LogP) is 0.504. The number of carbonyl (C=O) groups excluding carboxylic acids is 3. The van der Waals surface area contributed by atoms with Crippen LogP contribution in [0.5, 0.6) is 0 Å². The maximum absolute atomic E-state index is 12.6. The topological polar surface area (TPSA) is 101 Å². The number of piperidine rings is 1. The standard InChI is InChI=1S/C14H13ClN2O5S/c1-23(21,22)10-4-2-8(15)12-7(10)6-17(14(12)20)9-3-5-11(18)16-13(9)19/h2,4,9H,3,5-6H2,1H3,(H,16,18,19). The summed E-state index contributed by atoms with van der Waals surface area (Å²) < 4.78 is 23.8. The van der Waals surface area contributed by atoms with E-state index in [1.807, 2.05) is 0 Å². The van der Waals surface area contributed by atoms with Gasteiger partial charge in [-0.3, -0.25) is 19.7 Å². The number of hydrogen-bond acceptors (Lipinski definition) is 5. The van der Waals surface area contributed by atoms with Crippen molar-refractivity contribution in [2.24, 2.45) is 0 Å². The van der Waals surface area contributed by atoms with Gasteiger partial charge in [-0.05, 0) is 18.6 Å². The Morgan fingerprint density at radius 1 is 1.26 bits per heavy atom. The van der Waals surface area contributed by atoms with Gasteiger partial charge in [0.1, 0.15) is 6.04 Å². The summed E-state index contributed by atoms with van der Waals surface area (Å²) in [6.07, 6.45) is 1.38. The Bertz CT molecular complexity index is 849. The van der Waals surface area contributed by atoms with E-state index in [0.717, 1.165) is 6.26 Å². The summed E-state index contributed by atoms with van der Waals surface area (Å²) in [5.74, 6) is -1.44. The van der Waals surface area contributed by atoms with Crippen LogP contribution in [0, 0.1) is 0 Å². The Balaban J connectivity index is 2.04. The van der Waals surface area contributed by atoms with Gasteiger partial charge in [-0.15, -0.1) is 0 Å². The van der Waals surface area contributed by atoms with Crippen molar-refractivity contribution in [2.45, 2.75) is 30.3 Å². The molecule has 1 aromatic rings. The Morgan fingerprint density at radius 3 is 2.57 bits per heavy atom. The van der Waals surface area contributed by atoms with E-state index in [4.69, 9.17) is 11.6 Å². The van der Waals surface area contributed by atoms with Gasteiger partial charge in [-0.25, -0.2) is 8.42 Å². The lowest BCUT2D eigenvalue weighted by atomic mass is 10.0. The number of nitrogens with zero attached hydrogens (tertiary/aromatic N) is 1. The van der Waals surface area contributed by atoms with E-state index in [1.165, 1.54) is 17.0 Å². The van der Waals surface area contributed by atoms with Gasteiger partial charge < -0.3 is 4.90 Å². The summed E-state index contributed by atoms with van der Waals surface area (Å²) in [6.45, 7) is -0.0244. The smallest absolute Gasteiger partial charge is 0.256 e. The summed E-state index contributed by atoms with van der Waals surface area (Å²) in [4.78, 5) is 37.1. The monoisotopic (exact) mass is 356 g/mol. The molecule has 1 atom stereocenters. The zero-order valence-corrected chi connectivity index (χ0v) is 13.7. The number of halogens is 1. The highest BCUT2D eigenvalue weighted by atomic mass is 35.5. The lowest BCUT2D eigenvalue weighted by molar-refractivity contribution is -0.136. The van der Waals surface area contributed by atoms with Crippen molar-refractivity contribution in [1.82, 2.24) is 10.2 Å². The lowest BCUT2D eigenvalue weighted by Gasteiger charge is -2.29. The molecule has 0 radical (unpaired) electrons. The van der Waals surface area contributed by atoms with Gasteiger partial charge in [-0.2, -0.15) is 0 Å². The van der Waals surface area contributed by atoms with Gasteiger partial charge in [0.2, 0.25) is 11.8 Å². The van der Waals surface area contributed by atoms with Crippen LogP contribution in [-0.4, -0.2) is 43.3 Å². The largest absolute Gasteiger partial charge is 0.322 e. The first-order chi connectivity index (χ1) is 10.7. The Kier molecular flexibility index (Phi) is 3.68. The van der Waals surface area contributed by atoms with Crippen LogP contribution in [0.2, 0.25) is 5.02 Å². The summed E-state index contributed by atoms with van der Waals surface area (Å²) in [6, 6.07) is 1.91. The van der Waals surface area contributed by atoms with Gasteiger partial charge in [0.25, 0.3) is 5.91 Å². The zero-order chi connectivity index (χ0) is 16.9. The number of hydrogen-bond donors (Lipinski definition) is 1. The van der Waals surface area contributed by atoms with Crippen LogP contribution in [0.4, 0.5) is 0 Å². The third-order valence-electron chi connectivity index (χ3n) is 4.01. The molecular weight excluding hydrogens is 344 g/mol. The van der Waals surface area contributed by atoms with Crippen molar-refractivity contribution in [1.29, 1.82) is 0 Å². The fourth-order valence-corrected chi connectivity index (χ4v) is 4.14. The molecule has 1 N–H and O–H groups in total. The quantitative estimate of drug-likeness (QED) is 0.778. The van der Waals surface area contributed by atoms with Crippen molar-refractivity contribution >= 4 is 39.2 Å². The molecule has 0 aromatic heterocycles. The molecule has 1 saturated heterocycles. The van der Waals surface area contributed by atoms with E-state index in [-0.39, 0.29) is 40.8 Å². The average molecular weight is 357 g/mol. The molecule has 7 nitrogen and oxygen atoms in total. The molecule has 3 rings (SSSR count). The van der Waals surface area contributed by atoms with E-state index < -0.39 is 27.7 Å². The lowest BCUT2D eigenvalue weighted by Crippen LogP contribution is -2.52. The molecule has 1 unspecified atom stereocenters. The molecule has 122 valence electrons. The van der Waals surface area contributed by atoms with Crippen LogP contribution >= 0.6 is 11.6 Å². The van der Waals surface area contributed by atoms with Crippen LogP contribution in [0.1, 0.15) is 28.8 Å². The fourth-order valence-electron chi connectivity index (χ4n) is 2.95. The van der Waals surface area contributed by atoms with Gasteiger partial charge in [0.05, 0.1) is 15.5 Å². The van der Waals surface area contributed by atoms with Crippen LogP contribution in [0.15, 0.2) is 17.0 Å². The molecule has 0 aliphatic carbocycles. The second-order valence-electron chi connectivity index (χ2n) is 5.57. The molecule has 3 amide bonds. The first kappa shape index (κ1) is 15.9. The maximum atomic E-state index is 12.6. The Morgan fingerprint density at radius 2 is 1.96 bits per heavy atom. The highest BCUT2D eigenvalue weighted by molar-refractivity contribution is 7.90. The minimum Gasteiger partial charge on any atom is -0.322 e. The minimum absolute atomic E-state index is 0.0244. The summed E-state index contributed by atoms with van der Waals surface area (Å²) in [5.41, 5.74) is 0.411. The van der Waals surface area contributed by atoms with Gasteiger partial charge in [0, 0.05) is 24.8 Å². The fraction of sp³-hybridized carbons (Fsp3) is 0.357. The van der Waals surface area contributed by atoms with Gasteiger partial charge >= 0.3 is 0 Å². The number of fused-ring (bicyclic) bond motifs is 1. The third-order valence-corrected chi connectivity index (χ3v) is 5.50. The normalized spacial score (nSPS) is 21.4. The molecule has 2 heterocycles. The molecule has 9 heteroatoms. The highest BCUT2D eigenvalue weighted by Gasteiger charge is 2.41. The number of benzene rings is 1. The van der Waals surface area contributed by atoms with Crippen LogP contribution in [0.3, 0.4) is 0 Å². The van der Waals surface area contributed by atoms with Crippen molar-refractivity contribution in [3.05, 3.63) is 28.3 Å². The van der Waals surface area contributed by atoms with Crippen molar-refractivity contribution < 1.29 is 22.8 Å². The summed E-state index contributed by atoms with van der Waals surface area (Å²) in [7, 11) is -3.54. The number of imide groups is 1. The average Bonchev–Trinajstić information content (AvgIpc) is 2.76. The van der Waals surface area contributed by atoms with Crippen molar-refractivity contribution in [2.75, 3.05) is 6.26 Å². The third kappa shape index (κ3) is 2.61. The van der Waals surface area contributed by atoms with E-state index in [0.29, 0.717) is 5.56 Å². The van der Waals surface area contributed by atoms with E-state index in [2.05, 4.69) is 5.32 Å². The zero-order valence-electron chi connectivity index (χ0n) is 12.1. The SMILES string of the molecule is CS(=O)(=O)c1ccc(Cl)c2c1CN(C1CCC(=O)NC1=O)C2=O. The van der Waals surface area contributed by atoms with Crippen LogP contribution in [-0.2, 0) is 26.0 Å². The minimum atomic E-state index is -3.54. The van der Waals surface area contributed by atoms with E-state index >= 15 is 0 Å². The van der Waals surface area contributed by atoms with E-state index in [1.54, 1.807) is 0 Å². The number of sulfone groups is 1. The summed E-state index contributed by atoms with van der Waals surface area (Å²) >= 11 is 6.05. The Hall–Kier alpha value is -1.93. The predicted molar refractivity (Wildman–Crippen MR) is 80.6 cm³/mol. The first-order valence-corrected chi connectivity index (χ1v) is 9.13. The van der Waals surface area contributed by atoms with Gasteiger partial charge in [-0.1, -0.05) is 11.6 Å². The van der Waals surface area contributed by atoms with Crippen molar-refractivity contribution in [3.63, 3.8) is 0 Å². The summed E-state index contributed by atoms with van der Waals surface area (Å²) in [5, 5.41) is 2.34. The first-order valence-electron chi connectivity index (χ1n) is 6.86. The molecule has 1 aromatic carbocycles. The second kappa shape index (κ2) is 5.31. The second-order valence-corrected chi connectivity index (χ2v) is 7.96. The number of amides is 3. The number of nitrogens with one attached hydrogen (secondary N) is 1. The molecule has 1 fully saturated rings. The van der Waals surface area contributed by atoms with E-state index in [9.17, 15) is 22.8 Å². The molecule has 2 aliphatic heterocycles. The molecule has 0 spiro atoms. The molecule has 0 bridgehead atoms. The molecule has 23 heavy (non-hydrogen) atoms. The molecule has 2 aliphatic rings. The van der Waals surface area contributed by atoms with Crippen LogP contribution in [0.25, 0.3) is 0 Å². The van der Waals surface area contributed by atoms with Crippen LogP contribution < -0.4 is 5.32 Å². The number of rotatable bonds is 2. The Labute approximate surface area is 137 Å². The highest BCUT2D eigenvalue weighted by Crippen LogP contribution is 2.35. The maximum Gasteiger partial charge on any atom is 0.256 e.